The number of nitrogens with zero attached hydrogens (tertiary/aromatic N) is 1. The minimum atomic E-state index is -0.589. The minimum absolute atomic E-state index is 0.200. The van der Waals surface area contributed by atoms with Crippen LogP contribution in [0.1, 0.15) is 34.3 Å². The Balaban J connectivity index is 1.18. The van der Waals surface area contributed by atoms with Gasteiger partial charge >= 0.3 is 0 Å². The van der Waals surface area contributed by atoms with Crippen molar-refractivity contribution in [1.82, 2.24) is 10.2 Å². The van der Waals surface area contributed by atoms with Gasteiger partial charge in [0.2, 0.25) is 6.79 Å². The molecule has 1 fully saturated rings. The molecule has 182 valence electrons. The first kappa shape index (κ1) is 23.2. The van der Waals surface area contributed by atoms with Gasteiger partial charge in [0.15, 0.2) is 11.5 Å². The summed E-state index contributed by atoms with van der Waals surface area (Å²) in [7, 11) is 0. The number of aliphatic hydroxyl groups excluding tert-OH is 1. The van der Waals surface area contributed by atoms with E-state index in [1.807, 2.05) is 48.5 Å². The Bertz CT molecular complexity index is 1140. The number of carbonyl (C=O) groups is 1. The SMILES string of the molecule is O=C(N[C@H]1CN(Cc2ccc3c(c2)OCO3)CCC[C@H]1O)c1ccc(OCc2ccccc2)cc1. The molecule has 1 amide bonds. The lowest BCUT2D eigenvalue weighted by atomic mass is 10.1. The minimum Gasteiger partial charge on any atom is -0.489 e. The molecule has 35 heavy (non-hydrogen) atoms. The van der Waals surface area contributed by atoms with Gasteiger partial charge in [-0.3, -0.25) is 9.69 Å². The quantitative estimate of drug-likeness (QED) is 0.543. The van der Waals surface area contributed by atoms with Crippen LogP contribution in [0.15, 0.2) is 72.8 Å². The Morgan fingerprint density at radius 1 is 1.00 bits per heavy atom. The average molecular weight is 475 g/mol. The van der Waals surface area contributed by atoms with E-state index in [1.165, 1.54) is 0 Å². The molecule has 0 spiro atoms. The molecule has 2 aliphatic heterocycles. The molecule has 7 nitrogen and oxygen atoms in total. The molecular weight excluding hydrogens is 444 g/mol. The molecule has 0 unspecified atom stereocenters. The topological polar surface area (TPSA) is 80.3 Å². The summed E-state index contributed by atoms with van der Waals surface area (Å²) in [5.41, 5.74) is 2.74. The van der Waals surface area contributed by atoms with Crippen LogP contribution < -0.4 is 19.5 Å². The fraction of sp³-hybridized carbons (Fsp3) is 0.321. The zero-order valence-corrected chi connectivity index (χ0v) is 19.6. The predicted octanol–water partition coefficient (Wildman–Crippen LogP) is 3.75. The highest BCUT2D eigenvalue weighted by atomic mass is 16.7. The number of benzene rings is 3. The van der Waals surface area contributed by atoms with E-state index in [0.717, 1.165) is 35.6 Å². The van der Waals surface area contributed by atoms with Crippen molar-refractivity contribution in [1.29, 1.82) is 0 Å². The number of hydrogen-bond donors (Lipinski definition) is 2. The van der Waals surface area contributed by atoms with Crippen molar-refractivity contribution in [3.05, 3.63) is 89.5 Å². The van der Waals surface area contributed by atoms with Crippen molar-refractivity contribution in [3.8, 4) is 17.2 Å². The van der Waals surface area contributed by atoms with Crippen LogP contribution in [0.2, 0.25) is 0 Å². The van der Waals surface area contributed by atoms with Crippen molar-refractivity contribution in [3.63, 3.8) is 0 Å². The molecule has 3 aromatic carbocycles. The Labute approximate surface area is 205 Å². The third kappa shape index (κ3) is 5.93. The van der Waals surface area contributed by atoms with E-state index in [1.54, 1.807) is 24.3 Å². The van der Waals surface area contributed by atoms with Gasteiger partial charge in [-0.1, -0.05) is 36.4 Å². The fourth-order valence-electron chi connectivity index (χ4n) is 4.49. The van der Waals surface area contributed by atoms with Crippen LogP contribution in [0, 0.1) is 0 Å². The predicted molar refractivity (Wildman–Crippen MR) is 132 cm³/mol. The Morgan fingerprint density at radius 3 is 2.63 bits per heavy atom. The van der Waals surface area contributed by atoms with E-state index >= 15 is 0 Å². The lowest BCUT2D eigenvalue weighted by Crippen LogP contribution is -2.48. The number of likely N-dealkylation sites (tertiary alicyclic amines) is 1. The van der Waals surface area contributed by atoms with E-state index < -0.39 is 6.10 Å². The highest BCUT2D eigenvalue weighted by Crippen LogP contribution is 2.33. The van der Waals surface area contributed by atoms with Gasteiger partial charge in [0, 0.05) is 18.7 Å². The summed E-state index contributed by atoms with van der Waals surface area (Å²) in [5.74, 6) is 2.03. The molecule has 5 rings (SSSR count). The number of nitrogens with one attached hydrogen (secondary N) is 1. The maximum atomic E-state index is 12.9. The van der Waals surface area contributed by atoms with Crippen LogP contribution in [0.3, 0.4) is 0 Å². The molecule has 2 aliphatic rings. The number of carbonyl (C=O) groups excluding carboxylic acids is 1. The number of hydrogen-bond acceptors (Lipinski definition) is 6. The summed E-state index contributed by atoms with van der Waals surface area (Å²) in [6.07, 6.45) is 0.926. The first-order valence-electron chi connectivity index (χ1n) is 12.0. The smallest absolute Gasteiger partial charge is 0.251 e. The maximum Gasteiger partial charge on any atom is 0.251 e. The van der Waals surface area contributed by atoms with E-state index in [0.29, 0.717) is 37.4 Å². The van der Waals surface area contributed by atoms with Crippen LogP contribution in [-0.4, -0.2) is 47.9 Å². The van der Waals surface area contributed by atoms with Gasteiger partial charge in [0.05, 0.1) is 12.1 Å². The van der Waals surface area contributed by atoms with Crippen molar-refractivity contribution in [2.75, 3.05) is 19.9 Å². The second-order valence-electron chi connectivity index (χ2n) is 9.01. The fourth-order valence-corrected chi connectivity index (χ4v) is 4.49. The molecular formula is C28H30N2O5. The van der Waals surface area contributed by atoms with Gasteiger partial charge in [-0.2, -0.15) is 0 Å². The number of ether oxygens (including phenoxy) is 3. The largest absolute Gasteiger partial charge is 0.489 e. The van der Waals surface area contributed by atoms with Gasteiger partial charge in [-0.15, -0.1) is 0 Å². The van der Waals surface area contributed by atoms with E-state index in [4.69, 9.17) is 14.2 Å². The molecule has 2 N–H and O–H groups in total. The zero-order valence-electron chi connectivity index (χ0n) is 19.6. The number of amides is 1. The van der Waals surface area contributed by atoms with E-state index in [-0.39, 0.29) is 18.7 Å². The lowest BCUT2D eigenvalue weighted by molar-refractivity contribution is 0.0798. The van der Waals surface area contributed by atoms with Gasteiger partial charge < -0.3 is 24.6 Å². The molecule has 1 saturated heterocycles. The second kappa shape index (κ2) is 10.8. The van der Waals surface area contributed by atoms with Crippen LogP contribution >= 0.6 is 0 Å². The van der Waals surface area contributed by atoms with Crippen LogP contribution in [0.5, 0.6) is 17.2 Å². The summed E-state index contributed by atoms with van der Waals surface area (Å²) in [4.78, 5) is 15.2. The molecule has 0 aromatic heterocycles. The molecule has 0 saturated carbocycles. The summed E-state index contributed by atoms with van der Waals surface area (Å²) in [5, 5.41) is 13.7. The monoisotopic (exact) mass is 474 g/mol. The highest BCUT2D eigenvalue weighted by Gasteiger charge is 2.27. The lowest BCUT2D eigenvalue weighted by Gasteiger charge is -2.27. The Morgan fingerprint density at radius 2 is 1.80 bits per heavy atom. The Hall–Kier alpha value is -3.55. The van der Waals surface area contributed by atoms with Gasteiger partial charge in [0.25, 0.3) is 5.91 Å². The summed E-state index contributed by atoms with van der Waals surface area (Å²) in [6.45, 7) is 2.86. The summed E-state index contributed by atoms with van der Waals surface area (Å²) < 4.78 is 16.7. The third-order valence-electron chi connectivity index (χ3n) is 6.42. The molecule has 0 aliphatic carbocycles. The van der Waals surface area contributed by atoms with E-state index in [2.05, 4.69) is 10.2 Å². The van der Waals surface area contributed by atoms with Gasteiger partial charge in [-0.25, -0.2) is 0 Å². The number of aliphatic hydroxyl groups is 1. The highest BCUT2D eigenvalue weighted by molar-refractivity contribution is 5.94. The summed E-state index contributed by atoms with van der Waals surface area (Å²) in [6, 6.07) is 22.7. The standard InChI is InChI=1S/C28H30N2O5/c31-25-7-4-14-30(16-21-8-13-26-27(15-21)35-19-34-26)17-24(25)29-28(32)22-9-11-23(12-10-22)33-18-20-5-2-1-3-6-20/h1-3,5-6,8-13,15,24-25,31H,4,7,14,16-19H2,(H,29,32)/t24-,25+/m0/s1. The summed E-state index contributed by atoms with van der Waals surface area (Å²) >= 11 is 0. The average Bonchev–Trinajstić information content (AvgIpc) is 3.28. The van der Waals surface area contributed by atoms with Crippen molar-refractivity contribution in [2.45, 2.75) is 38.1 Å². The number of rotatable bonds is 7. The first-order valence-corrected chi connectivity index (χ1v) is 12.0. The van der Waals surface area contributed by atoms with Gasteiger partial charge in [0.1, 0.15) is 12.4 Å². The van der Waals surface area contributed by atoms with Crippen molar-refractivity contribution < 1.29 is 24.1 Å². The first-order chi connectivity index (χ1) is 17.1. The van der Waals surface area contributed by atoms with Crippen molar-refractivity contribution >= 4 is 5.91 Å². The second-order valence-corrected chi connectivity index (χ2v) is 9.01. The van der Waals surface area contributed by atoms with Crippen LogP contribution in [0.25, 0.3) is 0 Å². The van der Waals surface area contributed by atoms with Crippen molar-refractivity contribution in [2.24, 2.45) is 0 Å². The molecule has 0 bridgehead atoms. The molecule has 3 aromatic rings. The molecule has 7 heteroatoms. The maximum absolute atomic E-state index is 12.9. The van der Waals surface area contributed by atoms with Gasteiger partial charge in [-0.05, 0) is 66.9 Å². The normalized spacial score (nSPS) is 19.7. The van der Waals surface area contributed by atoms with Crippen LogP contribution in [0.4, 0.5) is 0 Å². The zero-order chi connectivity index (χ0) is 24.0. The molecule has 2 heterocycles. The van der Waals surface area contributed by atoms with E-state index in [9.17, 15) is 9.90 Å². The molecule has 2 atom stereocenters. The molecule has 0 radical (unpaired) electrons. The Kier molecular flexibility index (Phi) is 7.16. The van der Waals surface area contributed by atoms with Crippen LogP contribution in [-0.2, 0) is 13.2 Å². The third-order valence-corrected chi connectivity index (χ3v) is 6.42. The number of fused-ring (bicyclic) bond motifs is 1.